The molecule has 0 aliphatic rings. The van der Waals surface area contributed by atoms with Gasteiger partial charge in [-0.15, -0.1) is 11.3 Å². The van der Waals surface area contributed by atoms with Gasteiger partial charge in [-0.05, 0) is 47.5 Å². The first-order valence-corrected chi connectivity index (χ1v) is 9.17. The van der Waals surface area contributed by atoms with Crippen molar-refractivity contribution in [2.24, 2.45) is 0 Å². The van der Waals surface area contributed by atoms with Gasteiger partial charge in [0.25, 0.3) is 11.8 Å². The topological polar surface area (TPSA) is 110 Å². The smallest absolute Gasteiger partial charge is 0.340 e. The van der Waals surface area contributed by atoms with Gasteiger partial charge < -0.3 is 14.5 Å². The van der Waals surface area contributed by atoms with E-state index in [0.29, 0.717) is 21.7 Å². The van der Waals surface area contributed by atoms with E-state index < -0.39 is 17.8 Å². The van der Waals surface area contributed by atoms with Crippen LogP contribution in [-0.2, 0) is 9.47 Å². The maximum Gasteiger partial charge on any atom is 0.340 e. The van der Waals surface area contributed by atoms with Gasteiger partial charge in [0.1, 0.15) is 12.3 Å². The number of hydrogen-bond donors (Lipinski definition) is 3. The second kappa shape index (κ2) is 8.97. The van der Waals surface area contributed by atoms with Crippen molar-refractivity contribution in [3.63, 3.8) is 0 Å². The third-order valence-corrected chi connectivity index (χ3v) is 5.10. The van der Waals surface area contributed by atoms with E-state index in [9.17, 15) is 14.4 Å². The lowest BCUT2D eigenvalue weighted by molar-refractivity contribution is 0.0386. The number of hydrazine groups is 1. The van der Waals surface area contributed by atoms with Crippen molar-refractivity contribution in [1.29, 1.82) is 0 Å². The molecule has 0 saturated carbocycles. The summed E-state index contributed by atoms with van der Waals surface area (Å²) in [7, 11) is 1.51. The predicted molar refractivity (Wildman–Crippen MR) is 99.4 cm³/mol. The number of ether oxygens (including phenoxy) is 2. The minimum Gasteiger partial charge on any atom is -0.460 e. The highest BCUT2D eigenvalue weighted by molar-refractivity contribution is 9.11. The highest BCUT2D eigenvalue weighted by Crippen LogP contribution is 2.22. The molecular weight excluding hydrogens is 426 g/mol. The zero-order valence-corrected chi connectivity index (χ0v) is 16.8. The van der Waals surface area contributed by atoms with Crippen LogP contribution in [0.4, 0.5) is 0 Å². The average molecular weight is 444 g/mol. The Hall–Kier alpha value is -2.17. The first-order valence-electron chi connectivity index (χ1n) is 7.56. The number of carbonyl (C=O) groups excluding carboxylic acids is 3. The van der Waals surface area contributed by atoms with E-state index in [-0.39, 0.29) is 18.9 Å². The van der Waals surface area contributed by atoms with Crippen LogP contribution >= 0.6 is 27.3 Å². The maximum absolute atomic E-state index is 12.3. The number of H-pyrrole nitrogens is 1. The number of hydrogen-bond acceptors (Lipinski definition) is 6. The molecule has 0 aliphatic carbocycles. The highest BCUT2D eigenvalue weighted by Gasteiger charge is 2.23. The zero-order valence-electron chi connectivity index (χ0n) is 14.4. The molecule has 0 fully saturated rings. The summed E-state index contributed by atoms with van der Waals surface area (Å²) >= 11 is 4.51. The SMILES string of the molecule is COCCOC(=O)c1c(C)[nH]c(C(=O)NNC(=O)c2ccc(Br)s2)c1C. The molecule has 0 atom stereocenters. The van der Waals surface area contributed by atoms with Crippen LogP contribution in [-0.4, -0.2) is 43.1 Å². The molecule has 2 aromatic rings. The molecule has 3 N–H and O–H groups in total. The molecule has 2 heterocycles. The highest BCUT2D eigenvalue weighted by atomic mass is 79.9. The number of esters is 1. The van der Waals surface area contributed by atoms with Gasteiger partial charge in [-0.2, -0.15) is 0 Å². The third-order valence-electron chi connectivity index (χ3n) is 3.48. The summed E-state index contributed by atoms with van der Waals surface area (Å²) in [5, 5.41) is 0. The Morgan fingerprint density at radius 2 is 1.85 bits per heavy atom. The second-order valence-electron chi connectivity index (χ2n) is 5.27. The second-order valence-corrected chi connectivity index (χ2v) is 7.73. The molecule has 2 amide bonds. The van der Waals surface area contributed by atoms with Crippen LogP contribution < -0.4 is 10.9 Å². The van der Waals surface area contributed by atoms with Crippen LogP contribution in [0.3, 0.4) is 0 Å². The predicted octanol–water partition coefficient (Wildman–Crippen LogP) is 2.33. The summed E-state index contributed by atoms with van der Waals surface area (Å²) in [5.41, 5.74) is 6.07. The summed E-state index contributed by atoms with van der Waals surface area (Å²) < 4.78 is 10.7. The number of amides is 2. The van der Waals surface area contributed by atoms with Gasteiger partial charge >= 0.3 is 5.97 Å². The largest absolute Gasteiger partial charge is 0.460 e. The van der Waals surface area contributed by atoms with Crippen LogP contribution in [0.25, 0.3) is 0 Å². The lowest BCUT2D eigenvalue weighted by Crippen LogP contribution is -2.41. The number of aromatic nitrogens is 1. The van der Waals surface area contributed by atoms with E-state index >= 15 is 0 Å². The molecule has 0 saturated heterocycles. The standard InChI is InChI=1S/C16H18BrN3O5S/c1-8-12(16(23)25-7-6-24-3)9(2)18-13(8)15(22)20-19-14(21)10-4-5-11(17)26-10/h4-5,18H,6-7H2,1-3H3,(H,19,21)(H,20,22). The van der Waals surface area contributed by atoms with Crippen LogP contribution in [0.5, 0.6) is 0 Å². The van der Waals surface area contributed by atoms with Crippen LogP contribution in [0.15, 0.2) is 15.9 Å². The number of nitrogens with one attached hydrogen (secondary N) is 3. The molecule has 10 heteroatoms. The number of aryl methyl sites for hydroxylation is 1. The molecule has 0 radical (unpaired) electrons. The minimum absolute atomic E-state index is 0.118. The van der Waals surface area contributed by atoms with E-state index in [1.807, 2.05) is 0 Å². The van der Waals surface area contributed by atoms with E-state index in [1.165, 1.54) is 18.4 Å². The van der Waals surface area contributed by atoms with Gasteiger partial charge in [-0.1, -0.05) is 0 Å². The number of halogens is 1. The van der Waals surface area contributed by atoms with Crippen LogP contribution in [0.2, 0.25) is 0 Å². The summed E-state index contributed by atoms with van der Waals surface area (Å²) in [4.78, 5) is 39.7. The summed E-state index contributed by atoms with van der Waals surface area (Å²) in [6.07, 6.45) is 0. The molecule has 8 nitrogen and oxygen atoms in total. The Morgan fingerprint density at radius 3 is 2.46 bits per heavy atom. The number of rotatable bonds is 6. The summed E-state index contributed by atoms with van der Waals surface area (Å²) in [5.74, 6) is -1.54. The summed E-state index contributed by atoms with van der Waals surface area (Å²) in [6, 6.07) is 3.37. The normalized spacial score (nSPS) is 10.5. The Kier molecular flexibility index (Phi) is 6.95. The van der Waals surface area contributed by atoms with Crippen LogP contribution in [0.1, 0.15) is 41.8 Å². The molecule has 0 bridgehead atoms. The lowest BCUT2D eigenvalue weighted by atomic mass is 10.1. The maximum atomic E-state index is 12.3. The molecule has 26 heavy (non-hydrogen) atoms. The first kappa shape index (κ1) is 20.1. The van der Waals surface area contributed by atoms with Gasteiger partial charge in [-0.25, -0.2) is 4.79 Å². The molecule has 0 aromatic carbocycles. The molecule has 140 valence electrons. The monoisotopic (exact) mass is 443 g/mol. The van der Waals surface area contributed by atoms with E-state index in [2.05, 4.69) is 31.8 Å². The Balaban J connectivity index is 2.04. The quantitative estimate of drug-likeness (QED) is 0.360. The Bertz CT molecular complexity index is 830. The van der Waals surface area contributed by atoms with E-state index in [0.717, 1.165) is 3.79 Å². The van der Waals surface area contributed by atoms with Crippen molar-refractivity contribution < 1.29 is 23.9 Å². The molecule has 0 unspecified atom stereocenters. The van der Waals surface area contributed by atoms with E-state index in [4.69, 9.17) is 9.47 Å². The minimum atomic E-state index is -0.564. The number of thiophene rings is 1. The third kappa shape index (κ3) is 4.71. The fourth-order valence-corrected chi connectivity index (χ4v) is 3.53. The molecular formula is C16H18BrN3O5S. The summed E-state index contributed by atoms with van der Waals surface area (Å²) in [6.45, 7) is 3.70. The van der Waals surface area contributed by atoms with Crippen molar-refractivity contribution in [1.82, 2.24) is 15.8 Å². The van der Waals surface area contributed by atoms with Crippen LogP contribution in [0, 0.1) is 13.8 Å². The van der Waals surface area contributed by atoms with Crippen molar-refractivity contribution in [2.45, 2.75) is 13.8 Å². The fraction of sp³-hybridized carbons (Fsp3) is 0.312. The average Bonchev–Trinajstić information content (AvgIpc) is 3.16. The molecule has 0 spiro atoms. The zero-order chi connectivity index (χ0) is 19.3. The molecule has 2 rings (SSSR count). The van der Waals surface area contributed by atoms with Crippen molar-refractivity contribution in [2.75, 3.05) is 20.3 Å². The number of methoxy groups -OCH3 is 1. The van der Waals surface area contributed by atoms with Crippen molar-refractivity contribution >= 4 is 45.1 Å². The van der Waals surface area contributed by atoms with E-state index in [1.54, 1.807) is 26.0 Å². The van der Waals surface area contributed by atoms with Gasteiger partial charge in [0.05, 0.1) is 20.8 Å². The lowest BCUT2D eigenvalue weighted by Gasteiger charge is -2.06. The first-order chi connectivity index (χ1) is 12.3. The van der Waals surface area contributed by atoms with Crippen molar-refractivity contribution in [3.05, 3.63) is 43.3 Å². The van der Waals surface area contributed by atoms with Gasteiger partial charge in [-0.3, -0.25) is 20.4 Å². The Labute approximate surface area is 162 Å². The van der Waals surface area contributed by atoms with Crippen molar-refractivity contribution in [3.8, 4) is 0 Å². The fourth-order valence-electron chi connectivity index (χ4n) is 2.25. The number of aromatic amines is 1. The van der Waals surface area contributed by atoms with Gasteiger partial charge in [0.15, 0.2) is 0 Å². The molecule has 2 aromatic heterocycles. The number of carbonyl (C=O) groups is 3. The Morgan fingerprint density at radius 1 is 1.15 bits per heavy atom. The van der Waals surface area contributed by atoms with Gasteiger partial charge in [0.2, 0.25) is 0 Å². The molecule has 0 aliphatic heterocycles. The van der Waals surface area contributed by atoms with Gasteiger partial charge in [0, 0.05) is 12.8 Å².